The number of hydrazone groups is 1. The van der Waals surface area contributed by atoms with E-state index in [0.29, 0.717) is 5.69 Å². The Morgan fingerprint density at radius 3 is 2.83 bits per heavy atom. The lowest BCUT2D eigenvalue weighted by Crippen LogP contribution is -2.10. The Labute approximate surface area is 109 Å². The number of nitrogens with one attached hydrogen (secondary N) is 2. The van der Waals surface area contributed by atoms with Gasteiger partial charge in [-0.1, -0.05) is 41.9 Å². The molecule has 1 aromatic heterocycles. The van der Waals surface area contributed by atoms with E-state index < -0.39 is 5.56 Å². The summed E-state index contributed by atoms with van der Waals surface area (Å²) in [6.45, 7) is 1.86. The molecule has 0 saturated carbocycles. The number of aromatic amines is 1. The number of nitrogens with zero attached hydrogens (tertiary/aromatic N) is 2. The third-order valence-electron chi connectivity index (χ3n) is 2.33. The molecule has 1 aromatic carbocycles. The van der Waals surface area contributed by atoms with Crippen LogP contribution in [0.2, 0.25) is 5.02 Å². The molecule has 2 N–H and O–H groups in total. The number of benzene rings is 1. The standard InChI is InChI=1S/C12H11ClN4O/c1-8(9-5-3-2-4-6-9)15-16-10-7-14-17-12(18)11(10)13/h2-7H,1H3,(H2,16,17,18)/b15-8-. The first-order valence-corrected chi connectivity index (χ1v) is 5.65. The second-order valence-electron chi connectivity index (χ2n) is 3.60. The Kier molecular flexibility index (Phi) is 3.74. The van der Waals surface area contributed by atoms with Crippen LogP contribution in [0.4, 0.5) is 5.69 Å². The van der Waals surface area contributed by atoms with Crippen LogP contribution in [0.5, 0.6) is 0 Å². The van der Waals surface area contributed by atoms with E-state index in [1.54, 1.807) is 0 Å². The van der Waals surface area contributed by atoms with Gasteiger partial charge >= 0.3 is 0 Å². The van der Waals surface area contributed by atoms with Crippen LogP contribution in [-0.4, -0.2) is 15.9 Å². The van der Waals surface area contributed by atoms with Crippen molar-refractivity contribution in [3.8, 4) is 0 Å². The first-order valence-electron chi connectivity index (χ1n) is 5.27. The molecule has 0 bridgehead atoms. The van der Waals surface area contributed by atoms with Gasteiger partial charge in [0.1, 0.15) is 10.7 Å². The molecule has 92 valence electrons. The SMILES string of the molecule is C/C(=N/Nc1cn[nH]c(=O)c1Cl)c1ccccc1. The molecule has 2 aromatic rings. The summed E-state index contributed by atoms with van der Waals surface area (Å²) in [7, 11) is 0. The van der Waals surface area contributed by atoms with Crippen molar-refractivity contribution >= 4 is 23.0 Å². The Hall–Kier alpha value is -2.14. The van der Waals surface area contributed by atoms with Crippen molar-refractivity contribution in [2.75, 3.05) is 5.43 Å². The van der Waals surface area contributed by atoms with Crippen molar-refractivity contribution in [1.29, 1.82) is 0 Å². The van der Waals surface area contributed by atoms with E-state index in [2.05, 4.69) is 20.7 Å². The Morgan fingerprint density at radius 2 is 2.11 bits per heavy atom. The summed E-state index contributed by atoms with van der Waals surface area (Å²) in [6, 6.07) is 9.67. The number of anilines is 1. The lowest BCUT2D eigenvalue weighted by molar-refractivity contribution is 0.986. The van der Waals surface area contributed by atoms with Gasteiger partial charge in [-0.25, -0.2) is 5.10 Å². The molecule has 1 heterocycles. The van der Waals surface area contributed by atoms with Crippen LogP contribution in [-0.2, 0) is 0 Å². The minimum absolute atomic E-state index is 0.0367. The maximum absolute atomic E-state index is 11.2. The lowest BCUT2D eigenvalue weighted by Gasteiger charge is -2.03. The summed E-state index contributed by atoms with van der Waals surface area (Å²) in [6.07, 6.45) is 1.41. The summed E-state index contributed by atoms with van der Waals surface area (Å²) >= 11 is 5.81. The maximum atomic E-state index is 11.2. The summed E-state index contributed by atoms with van der Waals surface area (Å²) in [4.78, 5) is 11.2. The number of hydrogen-bond donors (Lipinski definition) is 2. The molecule has 0 fully saturated rings. The Morgan fingerprint density at radius 1 is 1.39 bits per heavy atom. The molecule has 0 saturated heterocycles. The molecule has 0 unspecified atom stereocenters. The highest BCUT2D eigenvalue weighted by Crippen LogP contribution is 2.14. The first-order chi connectivity index (χ1) is 8.68. The molecular formula is C12H11ClN4O. The summed E-state index contributed by atoms with van der Waals surface area (Å²) in [5.74, 6) is 0. The van der Waals surface area contributed by atoms with Crippen LogP contribution in [0.3, 0.4) is 0 Å². The predicted octanol–water partition coefficient (Wildman–Crippen LogP) is 2.26. The molecule has 0 amide bonds. The molecular weight excluding hydrogens is 252 g/mol. The molecule has 0 aliphatic heterocycles. The van der Waals surface area contributed by atoms with Crippen LogP contribution in [0.1, 0.15) is 12.5 Å². The fourth-order valence-electron chi connectivity index (χ4n) is 1.35. The summed E-state index contributed by atoms with van der Waals surface area (Å²) in [5, 5.41) is 10.1. The molecule has 0 aliphatic carbocycles. The van der Waals surface area contributed by atoms with Gasteiger partial charge in [0.2, 0.25) is 0 Å². The zero-order chi connectivity index (χ0) is 13.0. The zero-order valence-electron chi connectivity index (χ0n) is 9.64. The van der Waals surface area contributed by atoms with Crippen molar-refractivity contribution in [3.05, 3.63) is 57.5 Å². The van der Waals surface area contributed by atoms with E-state index in [0.717, 1.165) is 11.3 Å². The van der Waals surface area contributed by atoms with Gasteiger partial charge in [0.05, 0.1) is 11.9 Å². The van der Waals surface area contributed by atoms with Crippen molar-refractivity contribution in [2.24, 2.45) is 5.10 Å². The largest absolute Gasteiger partial charge is 0.285 e. The number of hydrogen-bond acceptors (Lipinski definition) is 4. The molecule has 0 spiro atoms. The van der Waals surface area contributed by atoms with Gasteiger partial charge in [0.15, 0.2) is 0 Å². The van der Waals surface area contributed by atoms with E-state index in [1.807, 2.05) is 37.3 Å². The number of aromatic nitrogens is 2. The van der Waals surface area contributed by atoms with Gasteiger partial charge in [-0.2, -0.15) is 10.2 Å². The molecule has 0 radical (unpaired) electrons. The second-order valence-corrected chi connectivity index (χ2v) is 3.98. The van der Waals surface area contributed by atoms with Gasteiger partial charge in [-0.05, 0) is 12.5 Å². The van der Waals surface area contributed by atoms with Crippen LogP contribution >= 0.6 is 11.6 Å². The van der Waals surface area contributed by atoms with E-state index in [9.17, 15) is 4.79 Å². The normalized spacial score (nSPS) is 11.3. The van der Waals surface area contributed by atoms with Crippen molar-refractivity contribution < 1.29 is 0 Å². The van der Waals surface area contributed by atoms with Gasteiger partial charge in [0.25, 0.3) is 5.56 Å². The number of H-pyrrole nitrogens is 1. The molecule has 5 nitrogen and oxygen atoms in total. The average molecular weight is 263 g/mol. The van der Waals surface area contributed by atoms with E-state index in [-0.39, 0.29) is 5.02 Å². The third kappa shape index (κ3) is 2.75. The second kappa shape index (κ2) is 5.46. The number of halogens is 1. The Bertz CT molecular complexity index is 621. The zero-order valence-corrected chi connectivity index (χ0v) is 10.4. The van der Waals surface area contributed by atoms with Gasteiger partial charge in [-0.15, -0.1) is 0 Å². The lowest BCUT2D eigenvalue weighted by atomic mass is 10.1. The average Bonchev–Trinajstić information content (AvgIpc) is 2.41. The fourth-order valence-corrected chi connectivity index (χ4v) is 1.48. The highest BCUT2D eigenvalue weighted by Gasteiger charge is 2.03. The summed E-state index contributed by atoms with van der Waals surface area (Å²) < 4.78 is 0. The van der Waals surface area contributed by atoms with Crippen molar-refractivity contribution in [1.82, 2.24) is 10.2 Å². The van der Waals surface area contributed by atoms with Crippen LogP contribution in [0.15, 0.2) is 46.4 Å². The minimum atomic E-state index is -0.450. The highest BCUT2D eigenvalue weighted by atomic mass is 35.5. The quantitative estimate of drug-likeness (QED) is 0.658. The van der Waals surface area contributed by atoms with Crippen LogP contribution in [0.25, 0.3) is 0 Å². The van der Waals surface area contributed by atoms with E-state index >= 15 is 0 Å². The Balaban J connectivity index is 2.21. The molecule has 18 heavy (non-hydrogen) atoms. The van der Waals surface area contributed by atoms with Gasteiger partial charge < -0.3 is 0 Å². The van der Waals surface area contributed by atoms with Crippen molar-refractivity contribution in [2.45, 2.75) is 6.92 Å². The topological polar surface area (TPSA) is 70.1 Å². The first kappa shape index (κ1) is 12.3. The van der Waals surface area contributed by atoms with E-state index in [1.165, 1.54) is 6.20 Å². The van der Waals surface area contributed by atoms with Crippen LogP contribution in [0, 0.1) is 0 Å². The highest BCUT2D eigenvalue weighted by molar-refractivity contribution is 6.32. The van der Waals surface area contributed by atoms with Crippen molar-refractivity contribution in [3.63, 3.8) is 0 Å². The van der Waals surface area contributed by atoms with Gasteiger partial charge in [0, 0.05) is 0 Å². The van der Waals surface area contributed by atoms with Crippen LogP contribution < -0.4 is 11.0 Å². The smallest absolute Gasteiger partial charge is 0.275 e. The maximum Gasteiger partial charge on any atom is 0.285 e. The molecule has 2 rings (SSSR count). The predicted molar refractivity (Wildman–Crippen MR) is 72.1 cm³/mol. The van der Waals surface area contributed by atoms with E-state index in [4.69, 9.17) is 11.6 Å². The third-order valence-corrected chi connectivity index (χ3v) is 2.71. The monoisotopic (exact) mass is 262 g/mol. The molecule has 6 heteroatoms. The van der Waals surface area contributed by atoms with Gasteiger partial charge in [-0.3, -0.25) is 10.2 Å². The molecule has 0 aliphatic rings. The minimum Gasteiger partial charge on any atom is -0.275 e. The molecule has 0 atom stereocenters. The number of rotatable bonds is 3. The fraction of sp³-hybridized carbons (Fsp3) is 0.0833. The summed E-state index contributed by atoms with van der Waals surface area (Å²) in [5.41, 5.74) is 4.42.